The van der Waals surface area contributed by atoms with Crippen molar-refractivity contribution in [3.8, 4) is 6.07 Å². The standard InChI is InChI=1S/C15H17NO/c1-15(2)10-13(8-9-17-15)14(11-16)12-6-4-3-5-7-12/h3-7H,8-10H2,1-2H3/b14-13+. The molecule has 1 fully saturated rings. The zero-order valence-electron chi connectivity index (χ0n) is 10.4. The van der Waals surface area contributed by atoms with E-state index in [9.17, 15) is 5.26 Å². The molecule has 1 aliphatic rings. The predicted molar refractivity (Wildman–Crippen MR) is 68.2 cm³/mol. The Bertz CT molecular complexity index is 465. The van der Waals surface area contributed by atoms with Crippen molar-refractivity contribution in [2.45, 2.75) is 32.3 Å². The van der Waals surface area contributed by atoms with Crippen LogP contribution in [0.2, 0.25) is 0 Å². The molecule has 0 radical (unpaired) electrons. The van der Waals surface area contributed by atoms with E-state index in [1.54, 1.807) is 0 Å². The second-order valence-corrected chi connectivity index (χ2v) is 4.99. The fourth-order valence-electron chi connectivity index (χ4n) is 2.27. The zero-order chi connectivity index (χ0) is 12.3. The van der Waals surface area contributed by atoms with E-state index in [-0.39, 0.29) is 5.60 Å². The van der Waals surface area contributed by atoms with Crippen LogP contribution in [0.3, 0.4) is 0 Å². The van der Waals surface area contributed by atoms with Gasteiger partial charge in [0, 0.05) is 0 Å². The zero-order valence-corrected chi connectivity index (χ0v) is 10.4. The van der Waals surface area contributed by atoms with Crippen LogP contribution in [0.1, 0.15) is 32.3 Å². The van der Waals surface area contributed by atoms with E-state index in [2.05, 4.69) is 19.9 Å². The number of nitriles is 1. The number of ether oxygens (including phenoxy) is 1. The summed E-state index contributed by atoms with van der Waals surface area (Å²) in [5, 5.41) is 9.35. The van der Waals surface area contributed by atoms with Crippen LogP contribution in [0.25, 0.3) is 5.57 Å². The molecule has 2 rings (SSSR count). The Hall–Kier alpha value is -1.59. The third-order valence-corrected chi connectivity index (χ3v) is 3.06. The average molecular weight is 227 g/mol. The van der Waals surface area contributed by atoms with Gasteiger partial charge in [0.25, 0.3) is 0 Å². The Balaban J connectivity index is 2.38. The highest BCUT2D eigenvalue weighted by Crippen LogP contribution is 2.33. The average Bonchev–Trinajstić information content (AvgIpc) is 2.30. The Morgan fingerprint density at radius 1 is 1.29 bits per heavy atom. The topological polar surface area (TPSA) is 33.0 Å². The fraction of sp³-hybridized carbons (Fsp3) is 0.400. The van der Waals surface area contributed by atoms with Crippen LogP contribution in [-0.4, -0.2) is 12.2 Å². The van der Waals surface area contributed by atoms with Gasteiger partial charge in [-0.2, -0.15) is 5.26 Å². The van der Waals surface area contributed by atoms with Gasteiger partial charge in [0.2, 0.25) is 0 Å². The molecule has 1 aromatic rings. The van der Waals surface area contributed by atoms with Crippen molar-refractivity contribution < 1.29 is 4.74 Å². The van der Waals surface area contributed by atoms with Crippen LogP contribution in [0.4, 0.5) is 0 Å². The van der Waals surface area contributed by atoms with Crippen molar-refractivity contribution in [1.29, 1.82) is 5.26 Å². The summed E-state index contributed by atoms with van der Waals surface area (Å²) >= 11 is 0. The Morgan fingerprint density at radius 2 is 2.00 bits per heavy atom. The van der Waals surface area contributed by atoms with Gasteiger partial charge in [-0.25, -0.2) is 0 Å². The molecule has 0 bridgehead atoms. The van der Waals surface area contributed by atoms with E-state index in [1.165, 1.54) is 5.57 Å². The van der Waals surface area contributed by atoms with Crippen molar-refractivity contribution in [3.05, 3.63) is 41.5 Å². The highest BCUT2D eigenvalue weighted by molar-refractivity contribution is 5.79. The summed E-state index contributed by atoms with van der Waals surface area (Å²) in [5.41, 5.74) is 2.91. The van der Waals surface area contributed by atoms with Crippen molar-refractivity contribution in [2.75, 3.05) is 6.61 Å². The third kappa shape index (κ3) is 2.75. The van der Waals surface area contributed by atoms with Gasteiger partial charge in [-0.1, -0.05) is 30.3 Å². The van der Waals surface area contributed by atoms with E-state index in [1.807, 2.05) is 30.3 Å². The maximum atomic E-state index is 9.35. The van der Waals surface area contributed by atoms with Gasteiger partial charge >= 0.3 is 0 Å². The molecular weight excluding hydrogens is 210 g/mol. The van der Waals surface area contributed by atoms with Crippen LogP contribution in [0, 0.1) is 11.3 Å². The molecule has 1 heterocycles. The van der Waals surface area contributed by atoms with Crippen molar-refractivity contribution >= 4 is 5.57 Å². The molecule has 0 unspecified atom stereocenters. The summed E-state index contributed by atoms with van der Waals surface area (Å²) in [6.07, 6.45) is 1.70. The van der Waals surface area contributed by atoms with Crippen LogP contribution in [0.15, 0.2) is 35.9 Å². The van der Waals surface area contributed by atoms with Crippen LogP contribution in [0.5, 0.6) is 0 Å². The first-order chi connectivity index (χ1) is 8.12. The van der Waals surface area contributed by atoms with Gasteiger partial charge in [0.05, 0.1) is 23.9 Å². The number of nitrogens with zero attached hydrogens (tertiary/aromatic N) is 1. The molecule has 0 saturated carbocycles. The van der Waals surface area contributed by atoms with E-state index in [0.29, 0.717) is 6.61 Å². The van der Waals surface area contributed by atoms with Gasteiger partial charge in [0.1, 0.15) is 0 Å². The maximum absolute atomic E-state index is 9.35. The molecule has 1 saturated heterocycles. The molecule has 0 aliphatic carbocycles. The molecule has 17 heavy (non-hydrogen) atoms. The first-order valence-corrected chi connectivity index (χ1v) is 5.94. The molecule has 88 valence electrons. The van der Waals surface area contributed by atoms with Gasteiger partial charge in [-0.15, -0.1) is 0 Å². The quantitative estimate of drug-likeness (QED) is 0.687. The molecule has 0 aromatic heterocycles. The lowest BCUT2D eigenvalue weighted by atomic mass is 9.88. The minimum atomic E-state index is -0.148. The largest absolute Gasteiger partial charge is 0.375 e. The van der Waals surface area contributed by atoms with E-state index in [0.717, 1.165) is 24.0 Å². The van der Waals surface area contributed by atoms with Crippen molar-refractivity contribution in [1.82, 2.24) is 0 Å². The lowest BCUT2D eigenvalue weighted by molar-refractivity contribution is -0.0329. The highest BCUT2D eigenvalue weighted by Gasteiger charge is 2.27. The molecule has 0 N–H and O–H groups in total. The summed E-state index contributed by atoms with van der Waals surface area (Å²) in [6.45, 7) is 4.86. The monoisotopic (exact) mass is 227 g/mol. The van der Waals surface area contributed by atoms with Crippen molar-refractivity contribution in [3.63, 3.8) is 0 Å². The van der Waals surface area contributed by atoms with Crippen LogP contribution < -0.4 is 0 Å². The smallest absolute Gasteiger partial charge is 0.0997 e. The van der Waals surface area contributed by atoms with E-state index >= 15 is 0 Å². The predicted octanol–water partition coefficient (Wildman–Crippen LogP) is 3.55. The SMILES string of the molecule is CC1(C)C/C(=C(\C#N)c2ccccc2)CCO1. The minimum absolute atomic E-state index is 0.148. The molecule has 0 amide bonds. The molecule has 2 nitrogen and oxygen atoms in total. The molecule has 1 aliphatic heterocycles. The number of hydrogen-bond donors (Lipinski definition) is 0. The lowest BCUT2D eigenvalue weighted by Gasteiger charge is -2.32. The molecule has 1 aromatic carbocycles. The molecule has 0 spiro atoms. The normalized spacial score (nSPS) is 21.7. The second kappa shape index (κ2) is 4.73. The van der Waals surface area contributed by atoms with Gasteiger partial charge in [-0.05, 0) is 37.8 Å². The fourth-order valence-corrected chi connectivity index (χ4v) is 2.27. The summed E-state index contributed by atoms with van der Waals surface area (Å²) in [6, 6.07) is 12.2. The van der Waals surface area contributed by atoms with Crippen molar-refractivity contribution in [2.24, 2.45) is 0 Å². The summed E-state index contributed by atoms with van der Waals surface area (Å²) in [7, 11) is 0. The number of allylic oxidation sites excluding steroid dienone is 1. The Morgan fingerprint density at radius 3 is 2.59 bits per heavy atom. The first kappa shape index (κ1) is 11.9. The second-order valence-electron chi connectivity index (χ2n) is 4.99. The van der Waals surface area contributed by atoms with Crippen LogP contribution >= 0.6 is 0 Å². The number of rotatable bonds is 1. The first-order valence-electron chi connectivity index (χ1n) is 5.94. The maximum Gasteiger partial charge on any atom is 0.0997 e. The summed E-state index contributed by atoms with van der Waals surface area (Å²) in [5.74, 6) is 0. The minimum Gasteiger partial charge on any atom is -0.375 e. The van der Waals surface area contributed by atoms with Gasteiger partial charge < -0.3 is 4.74 Å². The molecular formula is C15H17NO. The van der Waals surface area contributed by atoms with Crippen LogP contribution in [-0.2, 0) is 4.74 Å². The van der Waals surface area contributed by atoms with E-state index in [4.69, 9.17) is 4.74 Å². The molecule has 2 heteroatoms. The summed E-state index contributed by atoms with van der Waals surface area (Å²) in [4.78, 5) is 0. The van der Waals surface area contributed by atoms with Gasteiger partial charge in [-0.3, -0.25) is 0 Å². The highest BCUT2D eigenvalue weighted by atomic mass is 16.5. The third-order valence-electron chi connectivity index (χ3n) is 3.06. The number of benzene rings is 1. The van der Waals surface area contributed by atoms with Gasteiger partial charge in [0.15, 0.2) is 0 Å². The van der Waals surface area contributed by atoms with E-state index < -0.39 is 0 Å². The number of hydrogen-bond acceptors (Lipinski definition) is 2. The Labute approximate surface area is 103 Å². The molecule has 0 atom stereocenters. The Kier molecular flexibility index (Phi) is 3.31. The lowest BCUT2D eigenvalue weighted by Crippen LogP contribution is -2.30. The summed E-state index contributed by atoms with van der Waals surface area (Å²) < 4.78 is 5.68.